The minimum absolute atomic E-state index is 0.0574. The fourth-order valence-electron chi connectivity index (χ4n) is 5.73. The number of aliphatic hydroxyl groups is 1. The van der Waals surface area contributed by atoms with Crippen LogP contribution in [0.1, 0.15) is 29.0 Å². The van der Waals surface area contributed by atoms with E-state index in [0.29, 0.717) is 26.4 Å². The quantitative estimate of drug-likeness (QED) is 0.187. The third-order valence-electron chi connectivity index (χ3n) is 7.88. The molecule has 4 aromatic rings. The minimum atomic E-state index is -0.0829. The largest absolute Gasteiger partial charge is 0.496 e. The Hall–Kier alpha value is -3.62. The molecule has 0 spiro atoms. The van der Waals surface area contributed by atoms with Crippen molar-refractivity contribution in [2.75, 3.05) is 47.1 Å². The molecule has 2 N–H and O–H groups in total. The number of aliphatic hydroxyl groups excluding tert-OH is 1. The summed E-state index contributed by atoms with van der Waals surface area (Å²) in [5.74, 6) is 2.63. The molecule has 5 rings (SSSR count). The number of fused-ring (bicyclic) bond motifs is 1. The molecule has 1 aliphatic heterocycles. The zero-order chi connectivity index (χ0) is 29.1. The van der Waals surface area contributed by atoms with Crippen LogP contribution in [0.3, 0.4) is 0 Å². The molecule has 1 saturated heterocycles. The van der Waals surface area contributed by atoms with E-state index in [1.54, 1.807) is 14.2 Å². The van der Waals surface area contributed by atoms with Gasteiger partial charge in [-0.25, -0.2) is 0 Å². The van der Waals surface area contributed by atoms with Crippen LogP contribution >= 0.6 is 0 Å². The van der Waals surface area contributed by atoms with Crippen LogP contribution in [0.2, 0.25) is 0 Å². The van der Waals surface area contributed by atoms with Gasteiger partial charge in [0.25, 0.3) is 0 Å². The molecule has 1 fully saturated rings. The summed E-state index contributed by atoms with van der Waals surface area (Å²) in [5, 5.41) is 15.9. The molecule has 0 aliphatic carbocycles. The second-order valence-corrected chi connectivity index (χ2v) is 10.6. The maximum absolute atomic E-state index is 10.2. The normalized spacial score (nSPS) is 18.6. The van der Waals surface area contributed by atoms with Gasteiger partial charge in [0.2, 0.25) is 0 Å². The second kappa shape index (κ2) is 15.0. The van der Waals surface area contributed by atoms with Crippen molar-refractivity contribution >= 4 is 10.8 Å². The summed E-state index contributed by atoms with van der Waals surface area (Å²) in [4.78, 5) is 0. The Kier molecular flexibility index (Phi) is 10.7. The number of methoxy groups -OCH3 is 2. The number of para-hydroxylation sites is 1. The van der Waals surface area contributed by atoms with Crippen molar-refractivity contribution in [2.45, 2.75) is 31.7 Å². The standard InChI is InChI=1S/C35H41NO6/c1-38-32-11-6-4-9-28(32)24-40-16-7-17-41-30-14-12-26(13-15-30)35-29(22-37)20-36-21-34(35)42-23-25-18-27-8-3-5-10-31(27)33(19-25)39-2/h3-6,8-15,18-19,29,34-37H,7,16-17,20-24H2,1-2H3/t29-,34+,35+/m1/s1. The number of rotatable bonds is 14. The number of hydrogen-bond acceptors (Lipinski definition) is 7. The fourth-order valence-corrected chi connectivity index (χ4v) is 5.73. The van der Waals surface area contributed by atoms with E-state index in [1.165, 1.54) is 0 Å². The fraction of sp³-hybridized carbons (Fsp3) is 0.371. The van der Waals surface area contributed by atoms with E-state index in [9.17, 15) is 5.11 Å². The van der Waals surface area contributed by atoms with Gasteiger partial charge in [0.05, 0.1) is 46.8 Å². The molecule has 42 heavy (non-hydrogen) atoms. The first kappa shape index (κ1) is 29.9. The molecule has 3 atom stereocenters. The van der Waals surface area contributed by atoms with Gasteiger partial charge in [0.1, 0.15) is 17.2 Å². The Morgan fingerprint density at radius 3 is 2.40 bits per heavy atom. The monoisotopic (exact) mass is 571 g/mol. The molecule has 1 heterocycles. The highest BCUT2D eigenvalue weighted by atomic mass is 16.5. The smallest absolute Gasteiger partial charge is 0.127 e. The van der Waals surface area contributed by atoms with Gasteiger partial charge in [-0.05, 0) is 46.8 Å². The van der Waals surface area contributed by atoms with E-state index in [2.05, 4.69) is 35.6 Å². The summed E-state index contributed by atoms with van der Waals surface area (Å²) in [6.07, 6.45) is 0.702. The number of hydrogen-bond donors (Lipinski definition) is 2. The van der Waals surface area contributed by atoms with Crippen LogP contribution in [0.15, 0.2) is 84.9 Å². The van der Waals surface area contributed by atoms with Crippen molar-refractivity contribution in [3.63, 3.8) is 0 Å². The second-order valence-electron chi connectivity index (χ2n) is 10.6. The number of nitrogens with one attached hydrogen (secondary N) is 1. The summed E-state index contributed by atoms with van der Waals surface area (Å²) >= 11 is 0. The van der Waals surface area contributed by atoms with Crippen LogP contribution < -0.4 is 19.5 Å². The minimum Gasteiger partial charge on any atom is -0.496 e. The van der Waals surface area contributed by atoms with Crippen LogP contribution in [0.25, 0.3) is 10.8 Å². The SMILES string of the molecule is COc1ccccc1COCCCOc1ccc([C@H]2[C@@H](CO)CNC[C@@H]2OCc2cc(OC)c3ccccc3c2)cc1. The average Bonchev–Trinajstić information content (AvgIpc) is 3.05. The molecule has 4 aromatic carbocycles. The molecule has 0 radical (unpaired) electrons. The number of ether oxygens (including phenoxy) is 5. The maximum atomic E-state index is 10.2. The predicted octanol–water partition coefficient (Wildman–Crippen LogP) is 5.72. The summed E-state index contributed by atoms with van der Waals surface area (Å²) in [6, 6.07) is 28.5. The molecule has 0 bridgehead atoms. The summed E-state index contributed by atoms with van der Waals surface area (Å²) < 4.78 is 29.3. The van der Waals surface area contributed by atoms with E-state index in [4.69, 9.17) is 23.7 Å². The summed E-state index contributed by atoms with van der Waals surface area (Å²) in [7, 11) is 3.37. The van der Waals surface area contributed by atoms with Crippen LogP contribution in [-0.4, -0.2) is 58.3 Å². The van der Waals surface area contributed by atoms with E-state index in [1.807, 2.05) is 54.6 Å². The molecule has 0 aromatic heterocycles. The van der Waals surface area contributed by atoms with Crippen molar-refractivity contribution in [1.29, 1.82) is 0 Å². The van der Waals surface area contributed by atoms with Crippen molar-refractivity contribution in [1.82, 2.24) is 5.32 Å². The van der Waals surface area contributed by atoms with Gasteiger partial charge in [0.15, 0.2) is 0 Å². The molecular formula is C35H41NO6. The topological polar surface area (TPSA) is 78.4 Å². The lowest BCUT2D eigenvalue weighted by Gasteiger charge is -2.38. The zero-order valence-electron chi connectivity index (χ0n) is 24.5. The van der Waals surface area contributed by atoms with Gasteiger partial charge in [0, 0.05) is 48.9 Å². The Balaban J connectivity index is 1.15. The first-order valence-electron chi connectivity index (χ1n) is 14.6. The molecule has 1 aliphatic rings. The van der Waals surface area contributed by atoms with Gasteiger partial charge < -0.3 is 34.1 Å². The lowest BCUT2D eigenvalue weighted by molar-refractivity contribution is -0.0151. The van der Waals surface area contributed by atoms with E-state index >= 15 is 0 Å². The van der Waals surface area contributed by atoms with Crippen LogP contribution in [-0.2, 0) is 22.7 Å². The molecule has 0 unspecified atom stereocenters. The Morgan fingerprint density at radius 2 is 1.60 bits per heavy atom. The van der Waals surface area contributed by atoms with Crippen LogP contribution in [0.5, 0.6) is 17.2 Å². The van der Waals surface area contributed by atoms with Crippen molar-refractivity contribution in [3.8, 4) is 17.2 Å². The Bertz CT molecular complexity index is 1410. The van der Waals surface area contributed by atoms with E-state index in [0.717, 1.165) is 64.2 Å². The van der Waals surface area contributed by atoms with Gasteiger partial charge in [-0.15, -0.1) is 0 Å². The lowest BCUT2D eigenvalue weighted by Crippen LogP contribution is -2.47. The van der Waals surface area contributed by atoms with E-state index < -0.39 is 0 Å². The third-order valence-corrected chi connectivity index (χ3v) is 7.88. The summed E-state index contributed by atoms with van der Waals surface area (Å²) in [5.41, 5.74) is 3.24. The summed E-state index contributed by atoms with van der Waals surface area (Å²) in [6.45, 7) is 3.71. The van der Waals surface area contributed by atoms with Gasteiger partial charge in [-0.1, -0.05) is 54.6 Å². The molecule has 7 heteroatoms. The Morgan fingerprint density at radius 1 is 0.810 bits per heavy atom. The first-order chi connectivity index (χ1) is 20.7. The molecule has 7 nitrogen and oxygen atoms in total. The molecule has 0 amide bonds. The third kappa shape index (κ3) is 7.41. The average molecular weight is 572 g/mol. The number of piperidine rings is 1. The maximum Gasteiger partial charge on any atom is 0.127 e. The lowest BCUT2D eigenvalue weighted by atomic mass is 9.79. The highest BCUT2D eigenvalue weighted by Crippen LogP contribution is 2.34. The zero-order valence-corrected chi connectivity index (χ0v) is 24.5. The molecule has 0 saturated carbocycles. The van der Waals surface area contributed by atoms with Crippen molar-refractivity contribution < 1.29 is 28.8 Å². The van der Waals surface area contributed by atoms with Gasteiger partial charge in [-0.2, -0.15) is 0 Å². The van der Waals surface area contributed by atoms with Crippen LogP contribution in [0.4, 0.5) is 0 Å². The van der Waals surface area contributed by atoms with Crippen molar-refractivity contribution in [2.24, 2.45) is 5.92 Å². The predicted molar refractivity (Wildman–Crippen MR) is 164 cm³/mol. The van der Waals surface area contributed by atoms with Gasteiger partial charge >= 0.3 is 0 Å². The molecule has 222 valence electrons. The molecular weight excluding hydrogens is 530 g/mol. The van der Waals surface area contributed by atoms with E-state index in [-0.39, 0.29) is 24.5 Å². The van der Waals surface area contributed by atoms with Crippen molar-refractivity contribution in [3.05, 3.63) is 102 Å². The highest BCUT2D eigenvalue weighted by Gasteiger charge is 2.35. The Labute approximate surface area is 248 Å². The number of benzene rings is 4. The van der Waals surface area contributed by atoms with Crippen LogP contribution in [0, 0.1) is 5.92 Å². The highest BCUT2D eigenvalue weighted by molar-refractivity contribution is 5.89. The van der Waals surface area contributed by atoms with Gasteiger partial charge in [-0.3, -0.25) is 0 Å². The first-order valence-corrected chi connectivity index (χ1v) is 14.6.